The van der Waals surface area contributed by atoms with Gasteiger partial charge in [-0.1, -0.05) is 18.2 Å². The molecule has 1 spiro atoms. The van der Waals surface area contributed by atoms with Crippen LogP contribution >= 0.6 is 57.4 Å². The van der Waals surface area contributed by atoms with Gasteiger partial charge in [0.25, 0.3) is 0 Å². The van der Waals surface area contributed by atoms with E-state index in [9.17, 15) is 15.0 Å². The number of hydrogen-bond acceptors (Lipinski definition) is 7. The van der Waals surface area contributed by atoms with Crippen molar-refractivity contribution in [1.82, 2.24) is 0 Å². The summed E-state index contributed by atoms with van der Waals surface area (Å²) in [5.74, 6) is -0.139. The fraction of sp³-hybridized carbons (Fsp3) is 0.0476. The average molecular weight is 641 g/mol. The van der Waals surface area contributed by atoms with Crippen LogP contribution in [-0.2, 0) is 10.3 Å². The number of benzene rings is 3. The van der Waals surface area contributed by atoms with E-state index < -0.39 is 11.6 Å². The summed E-state index contributed by atoms with van der Waals surface area (Å²) in [6.45, 7) is 0. The van der Waals surface area contributed by atoms with E-state index in [0.717, 1.165) is 0 Å². The number of thiocarbonyl (C=S) groups is 1. The Bertz CT molecular complexity index is 1340. The third-order valence-corrected chi connectivity index (χ3v) is 8.38. The summed E-state index contributed by atoms with van der Waals surface area (Å²) in [7, 11) is 0. The van der Waals surface area contributed by atoms with Crippen LogP contribution in [0.25, 0.3) is 0 Å². The van der Waals surface area contributed by atoms with Crippen LogP contribution in [0.5, 0.6) is 23.0 Å². The van der Waals surface area contributed by atoms with Gasteiger partial charge in [0.1, 0.15) is 11.5 Å². The quantitative estimate of drug-likeness (QED) is 0.156. The van der Waals surface area contributed by atoms with Gasteiger partial charge in [0.15, 0.2) is 22.8 Å². The maximum atomic E-state index is 12.9. The Morgan fingerprint density at radius 1 is 1.07 bits per heavy atom. The highest BCUT2D eigenvalue weighted by atomic mass is 127. The molecule has 3 aromatic carbocycles. The average Bonchev–Trinajstić information content (AvgIpc) is 3.02. The standard InChI is InChI=1S/C21H9I2NO5S/c22-15-14-19(17(24-8-30)18(26)16(15)23)28-13-7-9(25)5-6-12(13)21(14)11-4-2-1-3-10(11)20(27)29-21/h1-7,25-26H. The number of rotatable bonds is 1. The number of phenolic OH excluding ortho intramolecular Hbond substituents is 2. The zero-order valence-electron chi connectivity index (χ0n) is 14.8. The van der Waals surface area contributed by atoms with Crippen molar-refractivity contribution >= 4 is 74.2 Å². The maximum Gasteiger partial charge on any atom is 0.340 e. The van der Waals surface area contributed by atoms with Gasteiger partial charge >= 0.3 is 5.97 Å². The fourth-order valence-electron chi connectivity index (χ4n) is 3.94. The molecule has 0 saturated heterocycles. The molecule has 2 aliphatic heterocycles. The fourth-order valence-corrected chi connectivity index (χ4v) is 5.44. The number of halogens is 2. The molecule has 0 fully saturated rings. The summed E-state index contributed by atoms with van der Waals surface area (Å²) in [5, 5.41) is 23.0. The number of carbonyl (C=O) groups is 1. The minimum absolute atomic E-state index is 0.0192. The zero-order chi connectivity index (χ0) is 21.2. The van der Waals surface area contributed by atoms with E-state index >= 15 is 0 Å². The molecule has 0 radical (unpaired) electrons. The molecular formula is C21H9I2NO5S. The minimum Gasteiger partial charge on any atom is -0.508 e. The Morgan fingerprint density at radius 3 is 2.60 bits per heavy atom. The Hall–Kier alpha value is -2.21. The first-order chi connectivity index (χ1) is 14.4. The van der Waals surface area contributed by atoms with Gasteiger partial charge in [-0.2, -0.15) is 4.99 Å². The molecule has 6 nitrogen and oxygen atoms in total. The number of esters is 1. The molecule has 0 aliphatic carbocycles. The first-order valence-corrected chi connectivity index (χ1v) is 11.1. The van der Waals surface area contributed by atoms with E-state index in [1.807, 2.05) is 34.7 Å². The number of nitrogens with zero attached hydrogens (tertiary/aromatic N) is 1. The third-order valence-electron chi connectivity index (χ3n) is 5.12. The monoisotopic (exact) mass is 641 g/mol. The van der Waals surface area contributed by atoms with E-state index in [0.29, 0.717) is 29.4 Å². The SMILES string of the molecule is O=C1OC2(c3ccc(O)cc3Oc3c(N=C=S)c(O)c(I)c(I)c32)c2ccccc21. The number of aromatic hydroxyl groups is 2. The predicted molar refractivity (Wildman–Crippen MR) is 128 cm³/mol. The number of ether oxygens (including phenoxy) is 2. The van der Waals surface area contributed by atoms with Gasteiger partial charge in [0.2, 0.25) is 0 Å². The molecule has 0 amide bonds. The summed E-state index contributed by atoms with van der Waals surface area (Å²) < 4.78 is 13.3. The van der Waals surface area contributed by atoms with Gasteiger partial charge in [0.05, 0.1) is 19.9 Å². The number of isothiocyanates is 1. The Labute approximate surface area is 202 Å². The molecule has 9 heteroatoms. The lowest BCUT2D eigenvalue weighted by atomic mass is 9.77. The van der Waals surface area contributed by atoms with Crippen molar-refractivity contribution in [2.24, 2.45) is 4.99 Å². The van der Waals surface area contributed by atoms with E-state index in [1.165, 1.54) is 12.1 Å². The largest absolute Gasteiger partial charge is 0.508 e. The Kier molecular flexibility index (Phi) is 4.54. The lowest BCUT2D eigenvalue weighted by Crippen LogP contribution is -2.34. The molecule has 0 bridgehead atoms. The summed E-state index contributed by atoms with van der Waals surface area (Å²) in [6, 6.07) is 11.7. The van der Waals surface area contributed by atoms with Crippen molar-refractivity contribution in [3.05, 3.63) is 71.9 Å². The van der Waals surface area contributed by atoms with Crippen molar-refractivity contribution in [3.8, 4) is 23.0 Å². The number of phenols is 2. The highest BCUT2D eigenvalue weighted by molar-refractivity contribution is 14.1. The second-order valence-electron chi connectivity index (χ2n) is 6.63. The molecule has 0 aromatic heterocycles. The molecule has 1 unspecified atom stereocenters. The second kappa shape index (κ2) is 6.91. The predicted octanol–water partition coefficient (Wildman–Crippen LogP) is 5.61. The zero-order valence-corrected chi connectivity index (χ0v) is 19.9. The first-order valence-electron chi connectivity index (χ1n) is 8.56. The van der Waals surface area contributed by atoms with E-state index in [4.69, 9.17) is 21.7 Å². The molecular weight excluding hydrogens is 632 g/mol. The third kappa shape index (κ3) is 2.49. The molecule has 2 aliphatic rings. The lowest BCUT2D eigenvalue weighted by molar-refractivity contribution is 0.0221. The normalized spacial score (nSPS) is 18.0. The summed E-state index contributed by atoms with van der Waals surface area (Å²) in [4.78, 5) is 16.9. The number of hydrogen-bond donors (Lipinski definition) is 2. The lowest BCUT2D eigenvalue weighted by Gasteiger charge is -2.38. The molecule has 2 N–H and O–H groups in total. The van der Waals surface area contributed by atoms with Crippen LogP contribution < -0.4 is 4.74 Å². The topological polar surface area (TPSA) is 88.4 Å². The van der Waals surface area contributed by atoms with E-state index in [-0.39, 0.29) is 28.7 Å². The van der Waals surface area contributed by atoms with Crippen LogP contribution in [0.1, 0.15) is 27.0 Å². The minimum atomic E-state index is -1.33. The number of fused-ring (bicyclic) bond motifs is 6. The van der Waals surface area contributed by atoms with Gasteiger partial charge in [-0.05, 0) is 75.6 Å². The number of carbonyl (C=O) groups excluding carboxylic acids is 1. The molecule has 30 heavy (non-hydrogen) atoms. The van der Waals surface area contributed by atoms with Crippen LogP contribution in [0.4, 0.5) is 5.69 Å². The van der Waals surface area contributed by atoms with Crippen LogP contribution in [-0.4, -0.2) is 21.3 Å². The van der Waals surface area contributed by atoms with Crippen molar-refractivity contribution in [2.45, 2.75) is 5.60 Å². The number of aliphatic imine (C=N–C) groups is 1. The molecule has 148 valence electrons. The summed E-state index contributed by atoms with van der Waals surface area (Å²) in [5.41, 5.74) is 0.915. The van der Waals surface area contributed by atoms with Crippen LogP contribution in [0, 0.1) is 7.14 Å². The van der Waals surface area contributed by atoms with E-state index in [2.05, 4.69) is 32.7 Å². The van der Waals surface area contributed by atoms with Crippen LogP contribution in [0.2, 0.25) is 0 Å². The van der Waals surface area contributed by atoms with Crippen molar-refractivity contribution in [1.29, 1.82) is 0 Å². The van der Waals surface area contributed by atoms with Crippen molar-refractivity contribution in [2.75, 3.05) is 0 Å². The highest BCUT2D eigenvalue weighted by Crippen LogP contribution is 2.61. The van der Waals surface area contributed by atoms with Gasteiger partial charge in [-0.3, -0.25) is 0 Å². The molecule has 1 atom stereocenters. The Morgan fingerprint density at radius 2 is 1.83 bits per heavy atom. The van der Waals surface area contributed by atoms with Gasteiger partial charge in [-0.25, -0.2) is 4.79 Å². The second-order valence-corrected chi connectivity index (χ2v) is 8.97. The smallest absolute Gasteiger partial charge is 0.340 e. The molecule has 2 heterocycles. The van der Waals surface area contributed by atoms with Crippen molar-refractivity contribution < 1.29 is 24.5 Å². The first kappa shape index (κ1) is 19.7. The highest BCUT2D eigenvalue weighted by Gasteiger charge is 2.55. The van der Waals surface area contributed by atoms with Gasteiger partial charge < -0.3 is 19.7 Å². The molecule has 5 rings (SSSR count). The van der Waals surface area contributed by atoms with Crippen LogP contribution in [0.15, 0.2) is 47.5 Å². The van der Waals surface area contributed by atoms with Gasteiger partial charge in [-0.15, -0.1) is 0 Å². The summed E-state index contributed by atoms with van der Waals surface area (Å²) in [6.07, 6.45) is 0. The van der Waals surface area contributed by atoms with Crippen LogP contribution in [0.3, 0.4) is 0 Å². The Balaban J connectivity index is 2.01. The van der Waals surface area contributed by atoms with E-state index in [1.54, 1.807) is 18.2 Å². The summed E-state index contributed by atoms with van der Waals surface area (Å²) >= 11 is 8.87. The molecule has 3 aromatic rings. The van der Waals surface area contributed by atoms with Crippen molar-refractivity contribution in [3.63, 3.8) is 0 Å². The molecule has 0 saturated carbocycles. The maximum absolute atomic E-state index is 12.9. The van der Waals surface area contributed by atoms with Gasteiger partial charge in [0, 0.05) is 20.8 Å².